The van der Waals surface area contributed by atoms with Crippen molar-refractivity contribution in [1.82, 2.24) is 9.97 Å². The molecule has 10 heteroatoms. The Morgan fingerprint density at radius 2 is 2.17 bits per heavy atom. The molecule has 0 radical (unpaired) electrons. The van der Waals surface area contributed by atoms with Gasteiger partial charge in [0.25, 0.3) is 0 Å². The van der Waals surface area contributed by atoms with E-state index in [2.05, 4.69) is 15.0 Å². The Bertz CT molecular complexity index is 1080. The summed E-state index contributed by atoms with van der Waals surface area (Å²) in [6.45, 7) is 1.62. The van der Waals surface area contributed by atoms with E-state index in [9.17, 15) is 18.7 Å². The number of amidine groups is 1. The number of pyridine rings is 2. The molecule has 2 aromatic rings. The van der Waals surface area contributed by atoms with Gasteiger partial charge < -0.3 is 10.8 Å². The van der Waals surface area contributed by atoms with Gasteiger partial charge in [-0.3, -0.25) is 14.8 Å². The van der Waals surface area contributed by atoms with E-state index in [4.69, 9.17) is 17.3 Å². The number of carbonyl (C=O) groups is 1. The molecular formula is C19H15ClF2N4O2S. The number of nitrogens with two attached hydrogens (primary N) is 1. The van der Waals surface area contributed by atoms with Gasteiger partial charge in [0.15, 0.2) is 5.17 Å². The van der Waals surface area contributed by atoms with Crippen LogP contribution in [-0.4, -0.2) is 31.0 Å². The predicted molar refractivity (Wildman–Crippen MR) is 107 cm³/mol. The molecule has 29 heavy (non-hydrogen) atoms. The zero-order valence-corrected chi connectivity index (χ0v) is 16.6. The van der Waals surface area contributed by atoms with Crippen LogP contribution < -0.4 is 5.73 Å². The van der Waals surface area contributed by atoms with Crippen LogP contribution in [0.4, 0.5) is 8.78 Å². The van der Waals surface area contributed by atoms with Gasteiger partial charge >= 0.3 is 5.97 Å². The van der Waals surface area contributed by atoms with E-state index in [1.165, 1.54) is 30.6 Å². The molecule has 3 heterocycles. The second kappa shape index (κ2) is 6.77. The highest BCUT2D eigenvalue weighted by molar-refractivity contribution is 8.15. The van der Waals surface area contributed by atoms with Crippen LogP contribution in [0.15, 0.2) is 35.6 Å². The Morgan fingerprint density at radius 3 is 2.83 bits per heavy atom. The van der Waals surface area contributed by atoms with Gasteiger partial charge in [-0.05, 0) is 43.2 Å². The maximum Gasteiger partial charge on any atom is 0.320 e. The Hall–Kier alpha value is -2.52. The monoisotopic (exact) mass is 436 g/mol. The maximum absolute atomic E-state index is 14.6. The minimum atomic E-state index is -1.22. The number of halogens is 3. The first kappa shape index (κ1) is 19.8. The minimum absolute atomic E-state index is 0.0647. The lowest BCUT2D eigenvalue weighted by molar-refractivity contribution is -0.137. The SMILES string of the molecule is CC1(c2cc(C=C(F)c3ccc(Cl)cn3)cnc2F)N=C(N)SC2(C(=O)O)CC21. The van der Waals surface area contributed by atoms with E-state index in [-0.39, 0.29) is 22.0 Å². The highest BCUT2D eigenvalue weighted by Gasteiger charge is 2.71. The molecule has 0 spiro atoms. The second-order valence-electron chi connectivity index (χ2n) is 7.11. The molecule has 0 saturated heterocycles. The van der Waals surface area contributed by atoms with Crippen LogP contribution in [0.1, 0.15) is 30.2 Å². The summed E-state index contributed by atoms with van der Waals surface area (Å²) in [7, 11) is 0. The smallest absolute Gasteiger partial charge is 0.320 e. The number of hydrogen-bond donors (Lipinski definition) is 2. The Morgan fingerprint density at radius 1 is 1.41 bits per heavy atom. The minimum Gasteiger partial charge on any atom is -0.480 e. The normalized spacial score (nSPS) is 28.5. The summed E-state index contributed by atoms with van der Waals surface area (Å²) in [5.74, 6) is -2.92. The zero-order chi connectivity index (χ0) is 21.0. The third-order valence-electron chi connectivity index (χ3n) is 5.25. The van der Waals surface area contributed by atoms with E-state index in [0.717, 1.165) is 17.8 Å². The van der Waals surface area contributed by atoms with Gasteiger partial charge in [0.05, 0.1) is 16.3 Å². The van der Waals surface area contributed by atoms with Crippen LogP contribution in [0.25, 0.3) is 11.9 Å². The van der Waals surface area contributed by atoms with E-state index < -0.39 is 33.9 Å². The summed E-state index contributed by atoms with van der Waals surface area (Å²) in [5.41, 5.74) is 5.06. The Kier molecular flexibility index (Phi) is 4.62. The number of fused-ring (bicyclic) bond motifs is 1. The third kappa shape index (κ3) is 3.28. The van der Waals surface area contributed by atoms with Crippen molar-refractivity contribution in [3.05, 3.63) is 58.4 Å². The molecular weight excluding hydrogens is 422 g/mol. The summed E-state index contributed by atoms with van der Waals surface area (Å²) in [6.07, 6.45) is 3.96. The number of nitrogens with zero attached hydrogens (tertiary/aromatic N) is 3. The number of aromatic nitrogens is 2. The van der Waals surface area contributed by atoms with Gasteiger partial charge in [-0.25, -0.2) is 9.37 Å². The molecule has 3 unspecified atom stereocenters. The molecule has 0 aromatic carbocycles. The molecule has 0 amide bonds. The molecule has 0 bridgehead atoms. The van der Waals surface area contributed by atoms with Gasteiger partial charge in [0.2, 0.25) is 5.95 Å². The van der Waals surface area contributed by atoms with Crippen molar-refractivity contribution in [2.45, 2.75) is 23.6 Å². The lowest BCUT2D eigenvalue weighted by Gasteiger charge is -2.32. The van der Waals surface area contributed by atoms with E-state index >= 15 is 0 Å². The van der Waals surface area contributed by atoms with Crippen LogP contribution in [0.3, 0.4) is 0 Å². The average Bonchev–Trinajstić information content (AvgIpc) is 3.40. The quantitative estimate of drug-likeness (QED) is 0.706. The predicted octanol–water partition coefficient (Wildman–Crippen LogP) is 3.86. The summed E-state index contributed by atoms with van der Waals surface area (Å²) in [4.78, 5) is 23.7. The van der Waals surface area contributed by atoms with E-state index in [1.807, 2.05) is 0 Å². The van der Waals surface area contributed by atoms with Crippen molar-refractivity contribution in [3.8, 4) is 0 Å². The molecule has 1 saturated carbocycles. The van der Waals surface area contributed by atoms with Crippen LogP contribution in [-0.2, 0) is 10.3 Å². The highest BCUT2D eigenvalue weighted by atomic mass is 35.5. The fourth-order valence-corrected chi connectivity index (χ4v) is 5.12. The van der Waals surface area contributed by atoms with Crippen LogP contribution in [0.5, 0.6) is 0 Å². The molecule has 2 aromatic heterocycles. The summed E-state index contributed by atoms with van der Waals surface area (Å²) < 4.78 is 28.0. The first-order valence-electron chi connectivity index (χ1n) is 8.58. The highest BCUT2D eigenvalue weighted by Crippen LogP contribution is 2.65. The fourth-order valence-electron chi connectivity index (χ4n) is 3.69. The average molecular weight is 437 g/mol. The molecule has 4 rings (SSSR count). The fraction of sp³-hybridized carbons (Fsp3) is 0.263. The van der Waals surface area contributed by atoms with Gasteiger partial charge in [0, 0.05) is 23.9 Å². The van der Waals surface area contributed by atoms with Crippen molar-refractivity contribution in [1.29, 1.82) is 0 Å². The standard InChI is InChI=1S/C19H15ClF2N4O2S/c1-18(14-6-19(14,16(27)28)29-17(23)26-18)11-4-9(7-25-15(11)22)5-12(21)13-3-2-10(20)8-24-13/h2-5,7-8,14H,6H2,1H3,(H2,23,26)(H,27,28). The summed E-state index contributed by atoms with van der Waals surface area (Å²) >= 11 is 6.74. The van der Waals surface area contributed by atoms with Crippen LogP contribution in [0, 0.1) is 11.9 Å². The lowest BCUT2D eigenvalue weighted by atomic mass is 9.86. The Balaban J connectivity index is 1.74. The summed E-state index contributed by atoms with van der Waals surface area (Å²) in [6, 6.07) is 4.33. The zero-order valence-electron chi connectivity index (χ0n) is 15.1. The maximum atomic E-state index is 14.6. The van der Waals surface area contributed by atoms with E-state index in [1.54, 1.807) is 6.92 Å². The molecule has 150 valence electrons. The van der Waals surface area contributed by atoms with E-state index in [0.29, 0.717) is 11.4 Å². The molecule has 3 N–H and O–H groups in total. The largest absolute Gasteiger partial charge is 0.480 e. The van der Waals surface area contributed by atoms with Gasteiger partial charge in [-0.2, -0.15) is 4.39 Å². The number of carboxylic acids is 1. The lowest BCUT2D eigenvalue weighted by Crippen LogP contribution is -2.39. The van der Waals surface area contributed by atoms with Crippen molar-refractivity contribution in [3.63, 3.8) is 0 Å². The van der Waals surface area contributed by atoms with Crippen molar-refractivity contribution in [2.75, 3.05) is 0 Å². The summed E-state index contributed by atoms with van der Waals surface area (Å²) in [5, 5.41) is 10.1. The van der Waals surface area contributed by atoms with Crippen molar-refractivity contribution < 1.29 is 18.7 Å². The number of thioether (sulfide) groups is 1. The molecule has 1 fully saturated rings. The van der Waals surface area contributed by atoms with Gasteiger partial charge in [-0.15, -0.1) is 0 Å². The van der Waals surface area contributed by atoms with Crippen LogP contribution >= 0.6 is 23.4 Å². The molecule has 1 aliphatic carbocycles. The third-order valence-corrected chi connectivity index (χ3v) is 6.76. The molecule has 1 aliphatic heterocycles. The number of aliphatic imine (C=N–C) groups is 1. The molecule has 3 atom stereocenters. The number of aliphatic carboxylic acids is 1. The molecule has 6 nitrogen and oxygen atoms in total. The van der Waals surface area contributed by atoms with Gasteiger partial charge in [0.1, 0.15) is 10.6 Å². The first-order valence-corrected chi connectivity index (χ1v) is 9.78. The number of carboxylic acid groups (broad SMARTS) is 1. The van der Waals surface area contributed by atoms with Crippen molar-refractivity contribution in [2.24, 2.45) is 16.6 Å². The number of rotatable bonds is 4. The Labute approximate surface area is 173 Å². The van der Waals surface area contributed by atoms with Gasteiger partial charge in [-0.1, -0.05) is 23.4 Å². The first-order chi connectivity index (χ1) is 13.7. The van der Waals surface area contributed by atoms with Crippen molar-refractivity contribution >= 4 is 46.4 Å². The second-order valence-corrected chi connectivity index (χ2v) is 8.90. The van der Waals surface area contributed by atoms with Crippen LogP contribution in [0.2, 0.25) is 5.02 Å². The topological polar surface area (TPSA) is 101 Å². The number of hydrogen-bond acceptors (Lipinski definition) is 6. The molecule has 2 aliphatic rings.